The summed E-state index contributed by atoms with van der Waals surface area (Å²) in [4.78, 5) is 0. The summed E-state index contributed by atoms with van der Waals surface area (Å²) in [6.07, 6.45) is 1.33. The molecule has 0 bridgehead atoms. The van der Waals surface area contributed by atoms with Crippen LogP contribution >= 0.6 is 23.0 Å². The molecule has 0 fully saturated rings. The molecular formula is C7H6INO2. The standard InChI is InChI=1S/C7H6INO2/c8-11-7-4-2-1-3-6(7)5-9-10/h1-5,10H. The molecule has 0 radical (unpaired) electrons. The Kier molecular flexibility index (Phi) is 3.15. The summed E-state index contributed by atoms with van der Waals surface area (Å²) in [5, 5.41) is 11.2. The Morgan fingerprint density at radius 3 is 2.82 bits per heavy atom. The fraction of sp³-hybridized carbons (Fsp3) is 0. The van der Waals surface area contributed by atoms with Crippen molar-refractivity contribution in [1.29, 1.82) is 0 Å². The van der Waals surface area contributed by atoms with Crippen molar-refractivity contribution in [2.75, 3.05) is 0 Å². The van der Waals surface area contributed by atoms with E-state index in [0.29, 0.717) is 5.75 Å². The third-order valence-electron chi connectivity index (χ3n) is 1.20. The van der Waals surface area contributed by atoms with Gasteiger partial charge < -0.3 is 8.27 Å². The molecule has 1 aromatic carbocycles. The molecule has 0 aliphatic heterocycles. The lowest BCUT2D eigenvalue weighted by atomic mass is 10.2. The largest absolute Gasteiger partial charge is 0.427 e. The molecule has 0 aliphatic carbocycles. The van der Waals surface area contributed by atoms with Crippen molar-refractivity contribution in [3.63, 3.8) is 0 Å². The van der Waals surface area contributed by atoms with E-state index >= 15 is 0 Å². The zero-order chi connectivity index (χ0) is 8.10. The van der Waals surface area contributed by atoms with Crippen molar-refractivity contribution in [2.24, 2.45) is 5.16 Å². The van der Waals surface area contributed by atoms with Gasteiger partial charge in [-0.05, 0) is 12.1 Å². The lowest BCUT2D eigenvalue weighted by Crippen LogP contribution is -1.84. The minimum absolute atomic E-state index is 0.686. The van der Waals surface area contributed by atoms with E-state index in [1.807, 2.05) is 12.1 Å². The van der Waals surface area contributed by atoms with Crippen LogP contribution in [0.4, 0.5) is 0 Å². The molecule has 0 aliphatic rings. The fourth-order valence-electron chi connectivity index (χ4n) is 0.720. The van der Waals surface area contributed by atoms with Gasteiger partial charge in [-0.25, -0.2) is 0 Å². The highest BCUT2D eigenvalue weighted by atomic mass is 127. The highest BCUT2D eigenvalue weighted by Crippen LogP contribution is 2.17. The Morgan fingerprint density at radius 2 is 2.18 bits per heavy atom. The van der Waals surface area contributed by atoms with E-state index in [-0.39, 0.29) is 0 Å². The number of hydrogen-bond acceptors (Lipinski definition) is 3. The zero-order valence-electron chi connectivity index (χ0n) is 5.57. The Hall–Kier alpha value is -0.780. The fourth-order valence-corrected chi connectivity index (χ4v) is 1.12. The Labute approximate surface area is 78.4 Å². The zero-order valence-corrected chi connectivity index (χ0v) is 7.72. The van der Waals surface area contributed by atoms with Crippen molar-refractivity contribution in [3.8, 4) is 5.75 Å². The van der Waals surface area contributed by atoms with Gasteiger partial charge in [0.2, 0.25) is 0 Å². The van der Waals surface area contributed by atoms with Crippen LogP contribution in [0, 0.1) is 0 Å². The number of halogens is 1. The molecule has 0 heterocycles. The van der Waals surface area contributed by atoms with Crippen LogP contribution in [0.15, 0.2) is 29.4 Å². The maximum Gasteiger partial charge on any atom is 0.192 e. The van der Waals surface area contributed by atoms with Crippen molar-refractivity contribution in [1.82, 2.24) is 0 Å². The highest BCUT2D eigenvalue weighted by molar-refractivity contribution is 14.1. The molecule has 3 nitrogen and oxygen atoms in total. The van der Waals surface area contributed by atoms with Crippen LogP contribution in [-0.4, -0.2) is 11.4 Å². The number of para-hydroxylation sites is 1. The SMILES string of the molecule is ON=Cc1ccccc1OI. The van der Waals surface area contributed by atoms with Gasteiger partial charge in [-0.2, -0.15) is 0 Å². The van der Waals surface area contributed by atoms with Gasteiger partial charge in [0.05, 0.1) is 6.21 Å². The minimum atomic E-state index is 0.686. The molecule has 1 N–H and O–H groups in total. The minimum Gasteiger partial charge on any atom is -0.427 e. The average molecular weight is 263 g/mol. The number of nitrogens with zero attached hydrogens (tertiary/aromatic N) is 1. The lowest BCUT2D eigenvalue weighted by Gasteiger charge is -1.98. The monoisotopic (exact) mass is 263 g/mol. The number of hydrogen-bond donors (Lipinski definition) is 1. The predicted molar refractivity (Wildman–Crippen MR) is 50.5 cm³/mol. The van der Waals surface area contributed by atoms with E-state index in [0.717, 1.165) is 5.56 Å². The maximum atomic E-state index is 8.25. The summed E-state index contributed by atoms with van der Waals surface area (Å²) in [5.74, 6) is 0.686. The van der Waals surface area contributed by atoms with Crippen molar-refractivity contribution in [3.05, 3.63) is 29.8 Å². The van der Waals surface area contributed by atoms with Crippen molar-refractivity contribution >= 4 is 29.2 Å². The van der Waals surface area contributed by atoms with E-state index in [9.17, 15) is 0 Å². The van der Waals surface area contributed by atoms with E-state index in [1.54, 1.807) is 35.1 Å². The van der Waals surface area contributed by atoms with Crippen LogP contribution in [0.5, 0.6) is 5.75 Å². The summed E-state index contributed by atoms with van der Waals surface area (Å²) in [5.41, 5.74) is 0.754. The molecule has 0 saturated heterocycles. The van der Waals surface area contributed by atoms with E-state index < -0.39 is 0 Å². The molecular weight excluding hydrogens is 257 g/mol. The molecule has 58 valence electrons. The van der Waals surface area contributed by atoms with Gasteiger partial charge >= 0.3 is 0 Å². The summed E-state index contributed by atoms with van der Waals surface area (Å²) in [6.45, 7) is 0. The van der Waals surface area contributed by atoms with Crippen LogP contribution in [0.3, 0.4) is 0 Å². The molecule has 0 atom stereocenters. The second-order valence-electron chi connectivity index (χ2n) is 1.86. The first-order valence-electron chi connectivity index (χ1n) is 2.93. The van der Waals surface area contributed by atoms with Gasteiger partial charge in [0.1, 0.15) is 5.75 Å². The normalized spacial score (nSPS) is 10.3. The predicted octanol–water partition coefficient (Wildman–Crippen LogP) is 2.22. The van der Waals surface area contributed by atoms with Gasteiger partial charge in [-0.15, -0.1) is 0 Å². The van der Waals surface area contributed by atoms with Crippen LogP contribution in [0.2, 0.25) is 0 Å². The number of rotatable bonds is 2. The van der Waals surface area contributed by atoms with Crippen LogP contribution in [0.1, 0.15) is 5.56 Å². The first-order chi connectivity index (χ1) is 5.38. The van der Waals surface area contributed by atoms with E-state index in [1.165, 1.54) is 6.21 Å². The van der Waals surface area contributed by atoms with Gasteiger partial charge in [0, 0.05) is 5.56 Å². The van der Waals surface area contributed by atoms with Crippen LogP contribution in [0.25, 0.3) is 0 Å². The molecule has 0 saturated carbocycles. The molecule has 0 spiro atoms. The molecule has 1 aromatic rings. The molecule has 1 rings (SSSR count). The third-order valence-corrected chi connectivity index (χ3v) is 1.67. The Morgan fingerprint density at radius 1 is 1.45 bits per heavy atom. The van der Waals surface area contributed by atoms with Gasteiger partial charge in [-0.1, -0.05) is 17.3 Å². The Balaban J connectivity index is 3.02. The second kappa shape index (κ2) is 4.17. The highest BCUT2D eigenvalue weighted by Gasteiger charge is 1.97. The molecule has 4 heteroatoms. The lowest BCUT2D eigenvalue weighted by molar-refractivity contribution is 0.322. The summed E-state index contributed by atoms with van der Waals surface area (Å²) < 4.78 is 4.97. The summed E-state index contributed by atoms with van der Waals surface area (Å²) in [6, 6.07) is 7.29. The van der Waals surface area contributed by atoms with Crippen molar-refractivity contribution < 1.29 is 8.27 Å². The maximum absolute atomic E-state index is 8.25. The number of benzene rings is 1. The van der Waals surface area contributed by atoms with Crippen molar-refractivity contribution in [2.45, 2.75) is 0 Å². The van der Waals surface area contributed by atoms with E-state index in [4.69, 9.17) is 8.27 Å². The van der Waals surface area contributed by atoms with E-state index in [2.05, 4.69) is 5.16 Å². The first-order valence-corrected chi connectivity index (χ1v) is 3.81. The molecule has 11 heavy (non-hydrogen) atoms. The van der Waals surface area contributed by atoms with Crippen LogP contribution in [-0.2, 0) is 0 Å². The first kappa shape index (κ1) is 8.32. The summed E-state index contributed by atoms with van der Waals surface area (Å²) in [7, 11) is 0. The summed E-state index contributed by atoms with van der Waals surface area (Å²) >= 11 is 1.78. The van der Waals surface area contributed by atoms with Crippen LogP contribution < -0.4 is 3.07 Å². The molecule has 0 aromatic heterocycles. The smallest absolute Gasteiger partial charge is 0.192 e. The molecule has 0 unspecified atom stereocenters. The number of oxime groups is 1. The second-order valence-corrected chi connectivity index (χ2v) is 2.30. The van der Waals surface area contributed by atoms with Gasteiger partial charge in [0.25, 0.3) is 0 Å². The Bertz CT molecular complexity index is 262. The quantitative estimate of drug-likeness (QED) is 0.384. The topological polar surface area (TPSA) is 41.8 Å². The molecule has 0 amide bonds. The van der Waals surface area contributed by atoms with Gasteiger partial charge in [0.15, 0.2) is 23.0 Å². The average Bonchev–Trinajstić information content (AvgIpc) is 2.06. The third kappa shape index (κ3) is 2.07. The van der Waals surface area contributed by atoms with Gasteiger partial charge in [-0.3, -0.25) is 0 Å².